The molecule has 0 fully saturated rings. The third kappa shape index (κ3) is 3.28. The number of nitrogens with two attached hydrogens (primary N) is 1. The Balaban J connectivity index is 2.30. The van der Waals surface area contributed by atoms with Gasteiger partial charge >= 0.3 is 0 Å². The Morgan fingerprint density at radius 1 is 1.41 bits per heavy atom. The van der Waals surface area contributed by atoms with Crippen molar-refractivity contribution >= 4 is 27.7 Å². The van der Waals surface area contributed by atoms with Gasteiger partial charge in [-0.15, -0.1) is 0 Å². The summed E-state index contributed by atoms with van der Waals surface area (Å²) in [5.41, 5.74) is 7.71. The highest BCUT2D eigenvalue weighted by Gasteiger charge is 2.06. The van der Waals surface area contributed by atoms with Crippen LogP contribution in [0, 0.1) is 6.92 Å². The average Bonchev–Trinajstić information content (AvgIpc) is 2.31. The number of aryl methyl sites for hydroxylation is 1. The Labute approximate surface area is 113 Å². The Bertz CT molecular complexity index is 531. The van der Waals surface area contributed by atoms with E-state index in [1.54, 1.807) is 6.20 Å². The van der Waals surface area contributed by atoms with E-state index in [2.05, 4.69) is 25.9 Å². The minimum absolute atomic E-state index is 0.528. The smallest absolute Gasteiger partial charge is 0.116 e. The zero-order valence-electron chi connectivity index (χ0n) is 9.35. The zero-order chi connectivity index (χ0) is 12.3. The molecule has 2 aromatic heterocycles. The second-order valence-electron chi connectivity index (χ2n) is 3.55. The summed E-state index contributed by atoms with van der Waals surface area (Å²) in [6.45, 7) is 2.50. The minimum Gasteiger partial charge on any atom is -0.326 e. The fraction of sp³-hybridized carbons (Fsp3) is 0.167. The SMILES string of the molecule is Cc1cc(CN)cc(Sc2ncccc2Br)n1. The van der Waals surface area contributed by atoms with Gasteiger partial charge in [-0.05, 0) is 64.4 Å². The molecule has 0 aliphatic rings. The lowest BCUT2D eigenvalue weighted by atomic mass is 10.2. The number of pyridine rings is 2. The van der Waals surface area contributed by atoms with Crippen LogP contribution in [0.2, 0.25) is 0 Å². The van der Waals surface area contributed by atoms with Gasteiger partial charge < -0.3 is 5.73 Å². The second kappa shape index (κ2) is 5.62. The number of aromatic nitrogens is 2. The molecule has 0 unspecified atom stereocenters. The van der Waals surface area contributed by atoms with E-state index in [0.29, 0.717) is 6.54 Å². The fourth-order valence-corrected chi connectivity index (χ4v) is 2.80. The maximum atomic E-state index is 5.65. The van der Waals surface area contributed by atoms with Crippen LogP contribution in [0.25, 0.3) is 0 Å². The van der Waals surface area contributed by atoms with Crippen LogP contribution in [0.1, 0.15) is 11.3 Å². The molecule has 2 aromatic rings. The maximum absolute atomic E-state index is 5.65. The summed E-state index contributed by atoms with van der Waals surface area (Å²) < 4.78 is 0.975. The highest BCUT2D eigenvalue weighted by molar-refractivity contribution is 9.10. The molecule has 0 saturated heterocycles. The summed E-state index contributed by atoms with van der Waals surface area (Å²) in [7, 11) is 0. The monoisotopic (exact) mass is 309 g/mol. The molecule has 0 aliphatic heterocycles. The molecule has 0 aromatic carbocycles. The molecule has 0 bridgehead atoms. The topological polar surface area (TPSA) is 51.8 Å². The molecular weight excluding hydrogens is 298 g/mol. The van der Waals surface area contributed by atoms with Crippen LogP contribution in [0.4, 0.5) is 0 Å². The number of nitrogens with zero attached hydrogens (tertiary/aromatic N) is 2. The van der Waals surface area contributed by atoms with Gasteiger partial charge in [0.05, 0.1) is 4.47 Å². The van der Waals surface area contributed by atoms with Crippen molar-refractivity contribution in [2.75, 3.05) is 0 Å². The van der Waals surface area contributed by atoms with Crippen molar-refractivity contribution in [3.05, 3.63) is 46.2 Å². The predicted octanol–water partition coefficient (Wildman–Crippen LogP) is 3.16. The molecule has 0 saturated carbocycles. The van der Waals surface area contributed by atoms with E-state index in [1.165, 1.54) is 11.8 Å². The summed E-state index contributed by atoms with van der Waals surface area (Å²) >= 11 is 5.01. The summed E-state index contributed by atoms with van der Waals surface area (Å²) in [4.78, 5) is 8.77. The van der Waals surface area contributed by atoms with E-state index in [4.69, 9.17) is 5.73 Å². The standard InChI is InChI=1S/C12H12BrN3S/c1-8-5-9(7-14)6-11(16-8)17-12-10(13)3-2-4-15-12/h2-6H,7,14H2,1H3. The summed E-state index contributed by atoms with van der Waals surface area (Å²) in [5.74, 6) is 0. The molecule has 2 heterocycles. The van der Waals surface area contributed by atoms with E-state index in [-0.39, 0.29) is 0 Å². The van der Waals surface area contributed by atoms with Crippen molar-refractivity contribution in [3.63, 3.8) is 0 Å². The molecule has 88 valence electrons. The molecular formula is C12H12BrN3S. The third-order valence-corrected chi connectivity index (χ3v) is 3.99. The van der Waals surface area contributed by atoms with Crippen molar-refractivity contribution in [3.8, 4) is 0 Å². The summed E-state index contributed by atoms with van der Waals surface area (Å²) in [6, 6.07) is 7.86. The third-order valence-electron chi connectivity index (χ3n) is 2.15. The number of hydrogen-bond acceptors (Lipinski definition) is 4. The molecule has 0 amide bonds. The van der Waals surface area contributed by atoms with Crippen molar-refractivity contribution in [2.24, 2.45) is 5.73 Å². The van der Waals surface area contributed by atoms with Crippen molar-refractivity contribution in [1.82, 2.24) is 9.97 Å². The van der Waals surface area contributed by atoms with Crippen LogP contribution in [-0.2, 0) is 6.54 Å². The molecule has 2 rings (SSSR count). The zero-order valence-corrected chi connectivity index (χ0v) is 11.8. The number of hydrogen-bond donors (Lipinski definition) is 1. The average molecular weight is 310 g/mol. The molecule has 0 radical (unpaired) electrons. The molecule has 0 atom stereocenters. The first-order valence-electron chi connectivity index (χ1n) is 5.15. The first-order chi connectivity index (χ1) is 8.19. The van der Waals surface area contributed by atoms with Crippen LogP contribution < -0.4 is 5.73 Å². The van der Waals surface area contributed by atoms with E-state index in [9.17, 15) is 0 Å². The van der Waals surface area contributed by atoms with Gasteiger partial charge in [-0.3, -0.25) is 0 Å². The van der Waals surface area contributed by atoms with Gasteiger partial charge in [0, 0.05) is 18.4 Å². The fourth-order valence-electron chi connectivity index (χ4n) is 1.42. The van der Waals surface area contributed by atoms with Crippen molar-refractivity contribution in [1.29, 1.82) is 0 Å². The van der Waals surface area contributed by atoms with Gasteiger partial charge in [-0.25, -0.2) is 9.97 Å². The molecule has 0 spiro atoms. The lowest BCUT2D eigenvalue weighted by molar-refractivity contribution is 0.982. The maximum Gasteiger partial charge on any atom is 0.116 e. The largest absolute Gasteiger partial charge is 0.326 e. The van der Waals surface area contributed by atoms with Crippen molar-refractivity contribution < 1.29 is 0 Å². The first kappa shape index (κ1) is 12.5. The van der Waals surface area contributed by atoms with Crippen molar-refractivity contribution in [2.45, 2.75) is 23.5 Å². The van der Waals surface area contributed by atoms with E-state index >= 15 is 0 Å². The van der Waals surface area contributed by atoms with Gasteiger partial charge in [0.2, 0.25) is 0 Å². The Kier molecular flexibility index (Phi) is 4.15. The summed E-state index contributed by atoms with van der Waals surface area (Å²) in [6.07, 6.45) is 1.77. The van der Waals surface area contributed by atoms with Gasteiger partial charge in [-0.1, -0.05) is 0 Å². The van der Waals surface area contributed by atoms with E-state index < -0.39 is 0 Å². The number of rotatable bonds is 3. The summed E-state index contributed by atoms with van der Waals surface area (Å²) in [5, 5.41) is 1.83. The minimum atomic E-state index is 0.528. The Morgan fingerprint density at radius 3 is 2.94 bits per heavy atom. The lowest BCUT2D eigenvalue weighted by Gasteiger charge is -2.05. The lowest BCUT2D eigenvalue weighted by Crippen LogP contribution is -1.98. The molecule has 2 N–H and O–H groups in total. The highest BCUT2D eigenvalue weighted by Crippen LogP contribution is 2.30. The highest BCUT2D eigenvalue weighted by atomic mass is 79.9. The van der Waals surface area contributed by atoms with E-state index in [1.807, 2.05) is 31.2 Å². The van der Waals surface area contributed by atoms with Crippen LogP contribution in [0.5, 0.6) is 0 Å². The van der Waals surface area contributed by atoms with Gasteiger partial charge in [0.25, 0.3) is 0 Å². The molecule has 0 aliphatic carbocycles. The number of halogens is 1. The van der Waals surface area contributed by atoms with Crippen LogP contribution >= 0.6 is 27.7 Å². The van der Waals surface area contributed by atoms with Gasteiger partial charge in [-0.2, -0.15) is 0 Å². The Hall–Kier alpha value is -0.910. The molecule has 5 heteroatoms. The molecule has 17 heavy (non-hydrogen) atoms. The second-order valence-corrected chi connectivity index (χ2v) is 5.42. The van der Waals surface area contributed by atoms with Crippen LogP contribution in [-0.4, -0.2) is 9.97 Å². The van der Waals surface area contributed by atoms with Gasteiger partial charge in [0.1, 0.15) is 10.1 Å². The quantitative estimate of drug-likeness (QED) is 0.946. The normalized spacial score (nSPS) is 10.5. The molecule has 3 nitrogen and oxygen atoms in total. The van der Waals surface area contributed by atoms with Crippen LogP contribution in [0.15, 0.2) is 45.0 Å². The predicted molar refractivity (Wildman–Crippen MR) is 72.9 cm³/mol. The first-order valence-corrected chi connectivity index (χ1v) is 6.76. The van der Waals surface area contributed by atoms with Crippen LogP contribution in [0.3, 0.4) is 0 Å². The Morgan fingerprint density at radius 2 is 2.24 bits per heavy atom. The van der Waals surface area contributed by atoms with E-state index in [0.717, 1.165) is 25.8 Å². The van der Waals surface area contributed by atoms with Gasteiger partial charge in [0.15, 0.2) is 0 Å².